The molecule has 0 aliphatic heterocycles. The number of nitrogens with one attached hydrogen (secondary N) is 1. The zero-order valence-electron chi connectivity index (χ0n) is 12.7. The topological polar surface area (TPSA) is 60.1 Å². The van der Waals surface area contributed by atoms with E-state index in [1.54, 1.807) is 12.1 Å². The first kappa shape index (κ1) is 18.2. The summed E-state index contributed by atoms with van der Waals surface area (Å²) in [6.45, 7) is 4.92. The van der Waals surface area contributed by atoms with Crippen LogP contribution in [0.2, 0.25) is 0 Å². The molecular formula is C16H21ClFN3O. The maximum Gasteiger partial charge on any atom is 0.253 e. The van der Waals surface area contributed by atoms with Crippen LogP contribution in [-0.2, 0) is 0 Å². The molecule has 2 rings (SSSR count). The van der Waals surface area contributed by atoms with Gasteiger partial charge in [-0.3, -0.25) is 4.79 Å². The van der Waals surface area contributed by atoms with E-state index in [0.717, 1.165) is 23.5 Å². The molecule has 0 aliphatic carbocycles. The first-order valence-electron chi connectivity index (χ1n) is 6.97. The largest absolute Gasteiger partial charge is 0.352 e. The maximum absolute atomic E-state index is 13.0. The predicted molar refractivity (Wildman–Crippen MR) is 88.5 cm³/mol. The summed E-state index contributed by atoms with van der Waals surface area (Å²) in [6.07, 6.45) is 0.752. The molecule has 0 bridgehead atoms. The molecule has 0 spiro atoms. The van der Waals surface area contributed by atoms with Crippen LogP contribution in [0, 0.1) is 19.7 Å². The molecule has 4 nitrogen and oxygen atoms in total. The van der Waals surface area contributed by atoms with Gasteiger partial charge < -0.3 is 15.6 Å². The number of hydrogen-bond acceptors (Lipinski definition) is 2. The van der Waals surface area contributed by atoms with Crippen LogP contribution in [0.5, 0.6) is 0 Å². The average Bonchev–Trinajstić information content (AvgIpc) is 2.76. The molecule has 0 atom stereocenters. The van der Waals surface area contributed by atoms with E-state index < -0.39 is 0 Å². The Hall–Kier alpha value is -1.85. The minimum Gasteiger partial charge on any atom is -0.352 e. The van der Waals surface area contributed by atoms with Gasteiger partial charge in [0.1, 0.15) is 5.82 Å². The summed E-state index contributed by atoms with van der Waals surface area (Å²) in [5.41, 5.74) is 8.66. The Morgan fingerprint density at radius 3 is 2.50 bits per heavy atom. The standard InChI is InChI=1S/C16H20FN3O.ClH/c1-11-10-15(16(21)19-9-3-8-18)12(2)20(11)14-6-4-13(17)5-7-14;/h4-7,10H,3,8-9,18H2,1-2H3,(H,19,21);1H. The normalized spacial score (nSPS) is 10.2. The van der Waals surface area contributed by atoms with Gasteiger partial charge in [-0.15, -0.1) is 12.4 Å². The van der Waals surface area contributed by atoms with E-state index in [9.17, 15) is 9.18 Å². The lowest BCUT2D eigenvalue weighted by molar-refractivity contribution is 0.0953. The van der Waals surface area contributed by atoms with E-state index in [-0.39, 0.29) is 24.1 Å². The van der Waals surface area contributed by atoms with Gasteiger partial charge in [-0.1, -0.05) is 0 Å². The van der Waals surface area contributed by atoms with Gasteiger partial charge in [0.25, 0.3) is 5.91 Å². The highest BCUT2D eigenvalue weighted by molar-refractivity contribution is 5.95. The van der Waals surface area contributed by atoms with Crippen LogP contribution in [-0.4, -0.2) is 23.6 Å². The quantitative estimate of drug-likeness (QED) is 0.830. The fraction of sp³-hybridized carbons (Fsp3) is 0.312. The summed E-state index contributed by atoms with van der Waals surface area (Å²) in [7, 11) is 0. The third-order valence-corrected chi connectivity index (χ3v) is 3.43. The van der Waals surface area contributed by atoms with Crippen LogP contribution in [0.3, 0.4) is 0 Å². The molecule has 1 aromatic heterocycles. The lowest BCUT2D eigenvalue weighted by Gasteiger charge is -2.10. The number of halogens is 2. The van der Waals surface area contributed by atoms with Gasteiger partial charge in [0.15, 0.2) is 0 Å². The summed E-state index contributed by atoms with van der Waals surface area (Å²) < 4.78 is 15.0. The molecule has 1 heterocycles. The van der Waals surface area contributed by atoms with Crippen molar-refractivity contribution in [1.29, 1.82) is 0 Å². The second-order valence-electron chi connectivity index (χ2n) is 4.99. The molecule has 3 N–H and O–H groups in total. The lowest BCUT2D eigenvalue weighted by atomic mass is 10.2. The Kier molecular flexibility index (Phi) is 6.59. The summed E-state index contributed by atoms with van der Waals surface area (Å²) in [4.78, 5) is 12.2. The minimum absolute atomic E-state index is 0. The number of rotatable bonds is 5. The van der Waals surface area contributed by atoms with Crippen molar-refractivity contribution >= 4 is 18.3 Å². The van der Waals surface area contributed by atoms with Crippen molar-refractivity contribution in [1.82, 2.24) is 9.88 Å². The van der Waals surface area contributed by atoms with E-state index in [2.05, 4.69) is 5.32 Å². The highest BCUT2D eigenvalue weighted by Crippen LogP contribution is 2.21. The number of aryl methyl sites for hydroxylation is 1. The van der Waals surface area contributed by atoms with E-state index in [4.69, 9.17) is 5.73 Å². The number of aromatic nitrogens is 1. The molecule has 1 amide bonds. The number of carbonyl (C=O) groups excluding carboxylic acids is 1. The van der Waals surface area contributed by atoms with Crippen molar-refractivity contribution in [2.24, 2.45) is 5.73 Å². The van der Waals surface area contributed by atoms with Crippen molar-refractivity contribution in [3.63, 3.8) is 0 Å². The molecule has 0 fully saturated rings. The van der Waals surface area contributed by atoms with Crippen LogP contribution in [0.25, 0.3) is 5.69 Å². The fourth-order valence-corrected chi connectivity index (χ4v) is 2.38. The van der Waals surface area contributed by atoms with Gasteiger partial charge in [0.05, 0.1) is 5.56 Å². The number of nitrogens with zero attached hydrogens (tertiary/aromatic N) is 1. The average molecular weight is 326 g/mol. The zero-order valence-corrected chi connectivity index (χ0v) is 13.5. The summed E-state index contributed by atoms with van der Waals surface area (Å²) in [5, 5.41) is 2.85. The fourth-order valence-electron chi connectivity index (χ4n) is 2.38. The van der Waals surface area contributed by atoms with Crippen molar-refractivity contribution in [3.8, 4) is 5.69 Å². The van der Waals surface area contributed by atoms with E-state index >= 15 is 0 Å². The smallest absolute Gasteiger partial charge is 0.253 e. The first-order valence-corrected chi connectivity index (χ1v) is 6.97. The Morgan fingerprint density at radius 2 is 1.91 bits per heavy atom. The number of amides is 1. The van der Waals surface area contributed by atoms with Crippen LogP contribution in [0.4, 0.5) is 4.39 Å². The van der Waals surface area contributed by atoms with Crippen LogP contribution in [0.15, 0.2) is 30.3 Å². The monoisotopic (exact) mass is 325 g/mol. The Labute approximate surface area is 135 Å². The summed E-state index contributed by atoms with van der Waals surface area (Å²) >= 11 is 0. The summed E-state index contributed by atoms with van der Waals surface area (Å²) in [5.74, 6) is -0.383. The molecule has 0 saturated heterocycles. The Morgan fingerprint density at radius 1 is 1.27 bits per heavy atom. The number of hydrogen-bond donors (Lipinski definition) is 2. The number of carbonyl (C=O) groups is 1. The van der Waals surface area contributed by atoms with Crippen LogP contribution in [0.1, 0.15) is 28.2 Å². The molecule has 0 saturated carbocycles. The Bertz CT molecular complexity index is 638. The highest BCUT2D eigenvalue weighted by Gasteiger charge is 2.16. The molecule has 120 valence electrons. The van der Waals surface area contributed by atoms with Crippen molar-refractivity contribution in [2.75, 3.05) is 13.1 Å². The molecule has 1 aromatic carbocycles. The molecular weight excluding hydrogens is 305 g/mol. The molecule has 6 heteroatoms. The maximum atomic E-state index is 13.0. The van der Waals surface area contributed by atoms with Gasteiger partial charge >= 0.3 is 0 Å². The molecule has 22 heavy (non-hydrogen) atoms. The lowest BCUT2D eigenvalue weighted by Crippen LogP contribution is -2.26. The molecule has 0 aliphatic rings. The van der Waals surface area contributed by atoms with Gasteiger partial charge in [-0.2, -0.15) is 0 Å². The second-order valence-corrected chi connectivity index (χ2v) is 4.99. The molecule has 2 aromatic rings. The summed E-state index contributed by atoms with van der Waals surface area (Å²) in [6, 6.07) is 8.07. The van der Waals surface area contributed by atoms with Crippen molar-refractivity contribution in [2.45, 2.75) is 20.3 Å². The Balaban J connectivity index is 0.00000242. The predicted octanol–water partition coefficient (Wildman–Crippen LogP) is 2.73. The third-order valence-electron chi connectivity index (χ3n) is 3.43. The highest BCUT2D eigenvalue weighted by atomic mass is 35.5. The zero-order chi connectivity index (χ0) is 15.4. The van der Waals surface area contributed by atoms with Crippen molar-refractivity contribution in [3.05, 3.63) is 53.1 Å². The molecule has 0 radical (unpaired) electrons. The van der Waals surface area contributed by atoms with Gasteiger partial charge in [-0.25, -0.2) is 4.39 Å². The minimum atomic E-state index is -0.277. The van der Waals surface area contributed by atoms with E-state index in [1.165, 1.54) is 12.1 Å². The van der Waals surface area contributed by atoms with Crippen LogP contribution < -0.4 is 11.1 Å². The first-order chi connectivity index (χ1) is 10.0. The van der Waals surface area contributed by atoms with E-state index in [0.29, 0.717) is 18.7 Å². The number of benzene rings is 1. The molecule has 0 unspecified atom stereocenters. The van der Waals surface area contributed by atoms with Crippen LogP contribution >= 0.6 is 12.4 Å². The van der Waals surface area contributed by atoms with Crippen molar-refractivity contribution < 1.29 is 9.18 Å². The SMILES string of the molecule is Cc1cc(C(=O)NCCCN)c(C)n1-c1ccc(F)cc1.Cl. The third kappa shape index (κ3) is 3.87. The second kappa shape index (κ2) is 7.96. The van der Waals surface area contributed by atoms with E-state index in [1.807, 2.05) is 24.5 Å². The van der Waals surface area contributed by atoms with Gasteiger partial charge in [0.2, 0.25) is 0 Å². The van der Waals surface area contributed by atoms with Gasteiger partial charge in [0, 0.05) is 23.6 Å². The van der Waals surface area contributed by atoms with Gasteiger partial charge in [-0.05, 0) is 57.1 Å². The number of nitrogens with two attached hydrogens (primary N) is 1.